The highest BCUT2D eigenvalue weighted by molar-refractivity contribution is 7.29. The summed E-state index contributed by atoms with van der Waals surface area (Å²) in [7, 11) is 2.61. The van der Waals surface area contributed by atoms with Crippen molar-refractivity contribution < 1.29 is 0 Å². The van der Waals surface area contributed by atoms with E-state index in [2.05, 4.69) is 233 Å². The summed E-state index contributed by atoms with van der Waals surface area (Å²) in [5, 5.41) is 1.40. The summed E-state index contributed by atoms with van der Waals surface area (Å²) in [6.07, 6.45) is 18.3. The largest absolute Gasteiger partial charge is 0.333 e. The van der Waals surface area contributed by atoms with Gasteiger partial charge in [-0.1, -0.05) is 170 Å². The number of nitrogens with zero attached hydrogens (tertiary/aromatic N) is 2. The number of hydrogen-bond acceptors (Lipinski definition) is 3. The van der Waals surface area contributed by atoms with E-state index < -0.39 is 0 Å². The Hall–Kier alpha value is -4.54. The number of hydrogen-bond donors (Lipinski definition) is 0. The van der Waals surface area contributed by atoms with E-state index in [1.807, 2.05) is 11.3 Å². The van der Waals surface area contributed by atoms with Crippen LogP contribution in [0.1, 0.15) is 220 Å². The molecule has 1 radical (unpaired) electrons. The fraction of sp³-hybridized carbons (Fsp3) is 0.500. The zero-order valence-corrected chi connectivity index (χ0v) is 48.5. The zero-order chi connectivity index (χ0) is 51.8. The molecule has 0 amide bonds. The van der Waals surface area contributed by atoms with Crippen LogP contribution in [0.15, 0.2) is 113 Å². The molecule has 10 rings (SSSR count). The molecule has 3 atom stereocenters. The van der Waals surface area contributed by atoms with Gasteiger partial charge in [0.2, 0.25) is 7.28 Å². The highest BCUT2D eigenvalue weighted by Gasteiger charge is 2.42. The quantitative estimate of drug-likeness (QED) is 0.166. The Kier molecular flexibility index (Phi) is 12.4. The first-order valence-electron chi connectivity index (χ1n) is 27.8. The van der Waals surface area contributed by atoms with Gasteiger partial charge in [-0.25, -0.2) is 0 Å². The standard InChI is InChI=1S/C68H86BN2S/c1-41-22-23-42(2)51-40-58-52(39-50(41)51)61-62(72-58)69-56(36-43(3)63(5,6)7)44(4)70(47-20-19-21-48(37-47)71(61)49-28-29-53-55(38-49)67(15,16)33-32-65(53,11)12)57-31-30-54-60(68(17,18)35-34-66(54,13)14)59(57)45-24-26-46(27-25-45)64(8,9)10/h19-20,24-31,36-42,48H,21-23,32-35H2,1-18H3/b43-36+,56-44-. The van der Waals surface area contributed by atoms with E-state index in [1.54, 1.807) is 11.1 Å². The Morgan fingerprint density at radius 1 is 0.708 bits per heavy atom. The van der Waals surface area contributed by atoms with Crippen LogP contribution < -0.4 is 14.6 Å². The maximum Gasteiger partial charge on any atom is 0.210 e. The molecule has 3 unspecified atom stereocenters. The number of anilines is 3. The van der Waals surface area contributed by atoms with Gasteiger partial charge in [0.15, 0.2) is 0 Å². The molecule has 5 aromatic rings. The van der Waals surface area contributed by atoms with Crippen molar-refractivity contribution in [1.82, 2.24) is 0 Å². The molecule has 2 heterocycles. The van der Waals surface area contributed by atoms with Crippen molar-refractivity contribution in [2.45, 2.75) is 215 Å². The Morgan fingerprint density at radius 3 is 1.94 bits per heavy atom. The van der Waals surface area contributed by atoms with Crippen molar-refractivity contribution >= 4 is 50.5 Å². The lowest BCUT2D eigenvalue weighted by molar-refractivity contribution is 0.332. The van der Waals surface area contributed by atoms with Crippen molar-refractivity contribution in [3.63, 3.8) is 0 Å². The van der Waals surface area contributed by atoms with E-state index in [-0.39, 0.29) is 38.5 Å². The summed E-state index contributed by atoms with van der Waals surface area (Å²) in [6, 6.07) is 27.7. The molecule has 5 aliphatic rings. The Balaban J connectivity index is 1.31. The van der Waals surface area contributed by atoms with Crippen LogP contribution in [-0.4, -0.2) is 13.3 Å². The van der Waals surface area contributed by atoms with Crippen LogP contribution in [0.4, 0.5) is 17.1 Å². The van der Waals surface area contributed by atoms with Crippen molar-refractivity contribution in [2.24, 2.45) is 5.41 Å². The van der Waals surface area contributed by atoms with Gasteiger partial charge < -0.3 is 9.80 Å². The van der Waals surface area contributed by atoms with Gasteiger partial charge in [-0.3, -0.25) is 0 Å². The molecule has 0 saturated heterocycles. The van der Waals surface area contributed by atoms with Gasteiger partial charge in [-0.2, -0.15) is 0 Å². The van der Waals surface area contributed by atoms with Gasteiger partial charge in [0.1, 0.15) is 0 Å². The second-order valence-electron chi connectivity index (χ2n) is 27.9. The zero-order valence-electron chi connectivity index (χ0n) is 47.7. The summed E-state index contributed by atoms with van der Waals surface area (Å²) in [4.78, 5) is 5.49. The van der Waals surface area contributed by atoms with Gasteiger partial charge in [0.25, 0.3) is 0 Å². The molecule has 0 saturated carbocycles. The highest BCUT2D eigenvalue weighted by Crippen LogP contribution is 2.55. The predicted molar refractivity (Wildman–Crippen MR) is 317 cm³/mol. The minimum Gasteiger partial charge on any atom is -0.333 e. The summed E-state index contributed by atoms with van der Waals surface area (Å²) in [5.74, 6) is 1.10. The van der Waals surface area contributed by atoms with E-state index in [4.69, 9.17) is 0 Å². The number of rotatable bonds is 4. The SMILES string of the molecule is C/C(=C\C1=C(/C)N(c2ccc3c(c2-c2ccc(C(C)(C)C)cc2)C(C)(C)CCC3(C)C)C2=CC(CC=C2)N(c2ccc3c(c2)C(C)(C)CCC3(C)C)c2c(sc3cc4c(cc23)C(C)CCC4C)[B]1)C(C)(C)C. The van der Waals surface area contributed by atoms with Crippen LogP contribution in [0.5, 0.6) is 0 Å². The number of fused-ring (bicyclic) bond motifs is 7. The number of thiophene rings is 1. The van der Waals surface area contributed by atoms with Crippen molar-refractivity contribution in [3.8, 4) is 11.1 Å². The molecule has 72 heavy (non-hydrogen) atoms. The Morgan fingerprint density at radius 2 is 1.31 bits per heavy atom. The second-order valence-corrected chi connectivity index (χ2v) is 29.0. The minimum atomic E-state index is -0.0175. The van der Waals surface area contributed by atoms with Gasteiger partial charge in [0, 0.05) is 32.7 Å². The minimum absolute atomic E-state index is 0.0121. The molecule has 2 bridgehead atoms. The van der Waals surface area contributed by atoms with Gasteiger partial charge in [0.05, 0.1) is 17.4 Å². The van der Waals surface area contributed by atoms with Crippen LogP contribution >= 0.6 is 11.3 Å². The molecule has 1 aliphatic heterocycles. The molecular formula is C68H86BN2S. The fourth-order valence-electron chi connectivity index (χ4n) is 13.2. The third-order valence-corrected chi connectivity index (χ3v) is 19.9. The summed E-state index contributed by atoms with van der Waals surface area (Å²) < 4.78 is 2.75. The number of benzene rings is 4. The van der Waals surface area contributed by atoms with Crippen LogP contribution in [0.25, 0.3) is 21.2 Å². The van der Waals surface area contributed by atoms with E-state index in [9.17, 15) is 0 Å². The monoisotopic (exact) mass is 974 g/mol. The summed E-state index contributed by atoms with van der Waals surface area (Å²) in [6.45, 7) is 43.7. The third-order valence-electron chi connectivity index (χ3n) is 18.8. The lowest BCUT2D eigenvalue weighted by Gasteiger charge is -2.45. The van der Waals surface area contributed by atoms with Gasteiger partial charge >= 0.3 is 0 Å². The summed E-state index contributed by atoms with van der Waals surface area (Å²) in [5.41, 5.74) is 22.5. The third kappa shape index (κ3) is 8.74. The van der Waals surface area contributed by atoms with E-state index in [0.717, 1.165) is 12.8 Å². The van der Waals surface area contributed by atoms with Crippen LogP contribution in [0, 0.1) is 5.41 Å². The lowest BCUT2D eigenvalue weighted by atomic mass is 9.61. The van der Waals surface area contributed by atoms with Crippen LogP contribution in [-0.2, 0) is 27.1 Å². The van der Waals surface area contributed by atoms with Crippen LogP contribution in [0.2, 0.25) is 0 Å². The lowest BCUT2D eigenvalue weighted by Crippen LogP contribution is -2.39. The van der Waals surface area contributed by atoms with Gasteiger partial charge in [-0.15, -0.1) is 11.3 Å². The van der Waals surface area contributed by atoms with E-state index in [0.29, 0.717) is 11.8 Å². The molecule has 2 nitrogen and oxygen atoms in total. The molecule has 4 heteroatoms. The first-order valence-corrected chi connectivity index (χ1v) is 28.7. The van der Waals surface area contributed by atoms with Crippen molar-refractivity contribution in [2.75, 3.05) is 9.80 Å². The molecular weight excluding hydrogens is 888 g/mol. The Labute approximate surface area is 441 Å². The van der Waals surface area contributed by atoms with E-state index >= 15 is 0 Å². The molecule has 1 aromatic heterocycles. The van der Waals surface area contributed by atoms with Gasteiger partial charge in [-0.05, 0) is 195 Å². The molecule has 0 spiro atoms. The van der Waals surface area contributed by atoms with Crippen molar-refractivity contribution in [3.05, 3.63) is 152 Å². The smallest absolute Gasteiger partial charge is 0.210 e. The first-order chi connectivity index (χ1) is 33.6. The van der Waals surface area contributed by atoms with E-state index in [1.165, 1.54) is 125 Å². The molecule has 0 fully saturated rings. The van der Waals surface area contributed by atoms with Crippen molar-refractivity contribution in [1.29, 1.82) is 0 Å². The first kappa shape index (κ1) is 51.0. The molecule has 4 aromatic carbocycles. The Bertz CT molecular complexity index is 3110. The summed E-state index contributed by atoms with van der Waals surface area (Å²) >= 11 is 2.01. The topological polar surface area (TPSA) is 6.48 Å². The number of allylic oxidation sites excluding steroid dienone is 5. The van der Waals surface area contributed by atoms with Crippen LogP contribution in [0.3, 0.4) is 0 Å². The normalized spacial score (nSPS) is 24.4. The molecule has 377 valence electrons. The highest BCUT2D eigenvalue weighted by atomic mass is 32.1. The second kappa shape index (κ2) is 17.5. The molecule has 0 N–H and O–H groups in total. The maximum atomic E-state index is 2.80. The fourth-order valence-corrected chi connectivity index (χ4v) is 14.4. The maximum absolute atomic E-state index is 2.80. The average molecular weight is 974 g/mol. The molecule has 4 aliphatic carbocycles. The predicted octanol–water partition coefficient (Wildman–Crippen LogP) is 19.0. The average Bonchev–Trinajstić information content (AvgIpc) is 3.65.